The summed E-state index contributed by atoms with van der Waals surface area (Å²) in [5.74, 6) is 0.514. The van der Waals surface area contributed by atoms with Crippen LogP contribution in [-0.4, -0.2) is 35.7 Å². The second-order valence-electron chi connectivity index (χ2n) is 6.25. The normalized spacial score (nSPS) is 11.0. The monoisotopic (exact) mass is 371 g/mol. The number of amides is 1. The number of nitrogens with zero attached hydrogens (tertiary/aromatic N) is 2. The highest BCUT2D eigenvalue weighted by Crippen LogP contribution is 2.25. The van der Waals surface area contributed by atoms with E-state index < -0.39 is 4.92 Å². The number of methoxy groups -OCH3 is 1. The number of furan rings is 1. The van der Waals surface area contributed by atoms with E-state index in [2.05, 4.69) is 5.32 Å². The van der Waals surface area contributed by atoms with Crippen molar-refractivity contribution in [3.63, 3.8) is 0 Å². The number of hydrogen-bond donors (Lipinski definition) is 1. The molecule has 0 fully saturated rings. The smallest absolute Gasteiger partial charge is 0.269 e. The Morgan fingerprint density at radius 1 is 1.33 bits per heavy atom. The summed E-state index contributed by atoms with van der Waals surface area (Å²) in [5, 5.41) is 13.9. The Kier molecular flexibility index (Phi) is 5.56. The summed E-state index contributed by atoms with van der Waals surface area (Å²) < 4.78 is 12.5. The first-order valence-electron chi connectivity index (χ1n) is 8.59. The molecule has 1 aromatic carbocycles. The van der Waals surface area contributed by atoms with Gasteiger partial charge in [0.2, 0.25) is 0 Å². The quantitative estimate of drug-likeness (QED) is 0.372. The number of rotatable bonds is 8. The molecule has 2 heterocycles. The van der Waals surface area contributed by atoms with Gasteiger partial charge in [0.15, 0.2) is 5.58 Å². The first-order valence-corrected chi connectivity index (χ1v) is 8.59. The Morgan fingerprint density at radius 3 is 2.89 bits per heavy atom. The molecular formula is C19H21N3O5. The van der Waals surface area contributed by atoms with Gasteiger partial charge in [-0.05, 0) is 18.9 Å². The zero-order chi connectivity index (χ0) is 19.4. The standard InChI is InChI=1S/C19H21N3O5/c1-13-9-16-18(27-13)11-17(19(23)20-7-4-8-26-2)21(16)12-14-5-3-6-15(10-14)22(24)25/h3,5-6,9-11H,4,7-8,12H2,1-2H3,(H,20,23). The molecule has 3 aromatic rings. The Labute approximate surface area is 155 Å². The van der Waals surface area contributed by atoms with E-state index in [4.69, 9.17) is 9.15 Å². The van der Waals surface area contributed by atoms with Crippen LogP contribution in [0.1, 0.15) is 28.2 Å². The number of carbonyl (C=O) groups excluding carboxylic acids is 1. The number of fused-ring (bicyclic) bond motifs is 1. The summed E-state index contributed by atoms with van der Waals surface area (Å²) in [7, 11) is 1.61. The maximum atomic E-state index is 12.6. The fourth-order valence-corrected chi connectivity index (χ4v) is 2.98. The summed E-state index contributed by atoms with van der Waals surface area (Å²) in [6, 6.07) is 9.95. The van der Waals surface area contributed by atoms with Gasteiger partial charge in [0, 0.05) is 51.1 Å². The molecule has 142 valence electrons. The minimum atomic E-state index is -0.430. The zero-order valence-corrected chi connectivity index (χ0v) is 15.2. The highest BCUT2D eigenvalue weighted by molar-refractivity contribution is 5.97. The Morgan fingerprint density at radius 2 is 2.15 bits per heavy atom. The van der Waals surface area contributed by atoms with Crippen LogP contribution in [0, 0.1) is 17.0 Å². The van der Waals surface area contributed by atoms with E-state index in [0.717, 1.165) is 16.8 Å². The van der Waals surface area contributed by atoms with Gasteiger partial charge in [0.25, 0.3) is 11.6 Å². The molecule has 0 bridgehead atoms. The van der Waals surface area contributed by atoms with E-state index in [1.165, 1.54) is 12.1 Å². The third-order valence-corrected chi connectivity index (χ3v) is 4.22. The number of nitro groups is 1. The SMILES string of the molecule is COCCCNC(=O)c1cc2oc(C)cc2n1Cc1cccc([N+](=O)[O-])c1. The van der Waals surface area contributed by atoms with E-state index in [-0.39, 0.29) is 11.6 Å². The van der Waals surface area contributed by atoms with Crippen molar-refractivity contribution >= 4 is 22.7 Å². The van der Waals surface area contributed by atoms with Crippen LogP contribution in [0.4, 0.5) is 5.69 Å². The van der Waals surface area contributed by atoms with Crippen LogP contribution in [0.15, 0.2) is 40.8 Å². The van der Waals surface area contributed by atoms with Crippen molar-refractivity contribution < 1.29 is 18.9 Å². The van der Waals surface area contributed by atoms with Crippen LogP contribution in [0.3, 0.4) is 0 Å². The van der Waals surface area contributed by atoms with Gasteiger partial charge in [0.05, 0.1) is 10.4 Å². The molecule has 0 aliphatic carbocycles. The lowest BCUT2D eigenvalue weighted by Gasteiger charge is -2.11. The van der Waals surface area contributed by atoms with Gasteiger partial charge in [-0.1, -0.05) is 12.1 Å². The van der Waals surface area contributed by atoms with Crippen LogP contribution in [-0.2, 0) is 11.3 Å². The molecular weight excluding hydrogens is 350 g/mol. The van der Waals surface area contributed by atoms with Gasteiger partial charge in [-0.2, -0.15) is 0 Å². The van der Waals surface area contributed by atoms with Crippen LogP contribution in [0.2, 0.25) is 0 Å². The molecule has 0 unspecified atom stereocenters. The average Bonchev–Trinajstić information content (AvgIpc) is 3.16. The first kappa shape index (κ1) is 18.7. The third kappa shape index (κ3) is 4.17. The molecule has 0 atom stereocenters. The highest BCUT2D eigenvalue weighted by atomic mass is 16.6. The summed E-state index contributed by atoms with van der Waals surface area (Å²) in [5.41, 5.74) is 2.59. The van der Waals surface area contributed by atoms with E-state index in [9.17, 15) is 14.9 Å². The van der Waals surface area contributed by atoms with Crippen LogP contribution in [0.5, 0.6) is 0 Å². The number of non-ortho nitro benzene ring substituents is 1. The fraction of sp³-hybridized carbons (Fsp3) is 0.316. The van der Waals surface area contributed by atoms with Crippen molar-refractivity contribution in [1.29, 1.82) is 0 Å². The van der Waals surface area contributed by atoms with Crippen molar-refractivity contribution in [2.45, 2.75) is 19.9 Å². The molecule has 1 N–H and O–H groups in total. The van der Waals surface area contributed by atoms with Gasteiger partial charge in [-0.15, -0.1) is 0 Å². The predicted octanol–water partition coefficient (Wildman–Crippen LogP) is 3.27. The Balaban J connectivity index is 1.91. The molecule has 8 nitrogen and oxygen atoms in total. The van der Waals surface area contributed by atoms with Gasteiger partial charge in [-0.25, -0.2) is 0 Å². The van der Waals surface area contributed by atoms with Crippen molar-refractivity contribution in [3.8, 4) is 0 Å². The van der Waals surface area contributed by atoms with Crippen LogP contribution < -0.4 is 5.32 Å². The van der Waals surface area contributed by atoms with Crippen LogP contribution >= 0.6 is 0 Å². The Hall–Kier alpha value is -3.13. The van der Waals surface area contributed by atoms with E-state index in [1.54, 1.807) is 25.3 Å². The second kappa shape index (κ2) is 8.05. The number of nitro benzene ring substituents is 1. The molecule has 2 aromatic heterocycles. The summed E-state index contributed by atoms with van der Waals surface area (Å²) in [6.07, 6.45) is 0.711. The molecule has 0 saturated carbocycles. The predicted molar refractivity (Wildman–Crippen MR) is 100.0 cm³/mol. The Bertz CT molecular complexity index is 973. The molecule has 0 aliphatic rings. The molecule has 0 radical (unpaired) electrons. The number of ether oxygens (including phenoxy) is 1. The lowest BCUT2D eigenvalue weighted by atomic mass is 10.2. The maximum Gasteiger partial charge on any atom is 0.269 e. The van der Waals surface area contributed by atoms with Crippen molar-refractivity contribution in [3.05, 3.63) is 63.5 Å². The largest absolute Gasteiger partial charge is 0.460 e. The molecule has 1 amide bonds. The minimum absolute atomic E-state index is 0.0184. The first-order chi connectivity index (χ1) is 13.0. The number of benzene rings is 1. The lowest BCUT2D eigenvalue weighted by molar-refractivity contribution is -0.384. The number of aromatic nitrogens is 1. The van der Waals surface area contributed by atoms with Crippen molar-refractivity contribution in [2.75, 3.05) is 20.3 Å². The lowest BCUT2D eigenvalue weighted by Crippen LogP contribution is -2.27. The number of nitrogens with one attached hydrogen (secondary N) is 1. The summed E-state index contributed by atoms with van der Waals surface area (Å²) in [6.45, 7) is 3.22. The molecule has 8 heteroatoms. The van der Waals surface area contributed by atoms with Gasteiger partial charge in [-0.3, -0.25) is 14.9 Å². The van der Waals surface area contributed by atoms with E-state index in [1.807, 2.05) is 17.6 Å². The van der Waals surface area contributed by atoms with Crippen LogP contribution in [0.25, 0.3) is 11.1 Å². The number of aryl methyl sites for hydroxylation is 1. The van der Waals surface area contributed by atoms with E-state index in [0.29, 0.717) is 37.4 Å². The molecule has 3 rings (SSSR count). The average molecular weight is 371 g/mol. The molecule has 0 spiro atoms. The second-order valence-corrected chi connectivity index (χ2v) is 6.25. The van der Waals surface area contributed by atoms with E-state index >= 15 is 0 Å². The fourth-order valence-electron chi connectivity index (χ4n) is 2.98. The zero-order valence-electron chi connectivity index (χ0n) is 15.2. The summed E-state index contributed by atoms with van der Waals surface area (Å²) in [4.78, 5) is 23.2. The number of hydrogen-bond acceptors (Lipinski definition) is 5. The molecule has 0 aliphatic heterocycles. The van der Waals surface area contributed by atoms with Gasteiger partial charge >= 0.3 is 0 Å². The van der Waals surface area contributed by atoms with Crippen molar-refractivity contribution in [2.24, 2.45) is 0 Å². The summed E-state index contributed by atoms with van der Waals surface area (Å²) >= 11 is 0. The molecule has 0 saturated heterocycles. The molecule has 27 heavy (non-hydrogen) atoms. The third-order valence-electron chi connectivity index (χ3n) is 4.22. The van der Waals surface area contributed by atoms with Crippen molar-refractivity contribution in [1.82, 2.24) is 9.88 Å². The van der Waals surface area contributed by atoms with Gasteiger partial charge in [0.1, 0.15) is 11.5 Å². The highest BCUT2D eigenvalue weighted by Gasteiger charge is 2.19. The minimum Gasteiger partial charge on any atom is -0.460 e. The number of carbonyl (C=O) groups is 1. The topological polar surface area (TPSA) is 99.5 Å². The van der Waals surface area contributed by atoms with Gasteiger partial charge < -0.3 is 19.0 Å². The maximum absolute atomic E-state index is 12.6.